The molecular weight excluding hydrogens is 362 g/mol. The zero-order chi connectivity index (χ0) is 20.4. The second-order valence-corrected chi connectivity index (χ2v) is 7.55. The van der Waals surface area contributed by atoms with Gasteiger partial charge in [0.2, 0.25) is 0 Å². The summed E-state index contributed by atoms with van der Waals surface area (Å²) in [5.41, 5.74) is 4.51. The Morgan fingerprint density at radius 1 is 1.07 bits per heavy atom. The summed E-state index contributed by atoms with van der Waals surface area (Å²) in [6.45, 7) is 5.16. The second-order valence-electron chi connectivity index (χ2n) is 7.55. The standard InChI is InChI=1S/C24H23N3O2/c1-16(2)17-9-11-19(12-10-17)26-23(28)21-8-5-6-18-14-27(24(29)22(18)21)15-20-7-3-4-13-25-20/h3-13,16H,14-15H2,1-2H3,(H,26,28). The normalized spacial score (nSPS) is 12.9. The van der Waals surface area contributed by atoms with Gasteiger partial charge in [-0.05, 0) is 47.4 Å². The van der Waals surface area contributed by atoms with Crippen molar-refractivity contribution in [1.82, 2.24) is 9.88 Å². The Morgan fingerprint density at radius 3 is 2.55 bits per heavy atom. The number of anilines is 1. The molecule has 0 radical (unpaired) electrons. The third kappa shape index (κ3) is 3.90. The summed E-state index contributed by atoms with van der Waals surface area (Å²) in [5, 5.41) is 2.92. The van der Waals surface area contributed by atoms with Gasteiger partial charge in [0.15, 0.2) is 0 Å². The summed E-state index contributed by atoms with van der Waals surface area (Å²) >= 11 is 0. The zero-order valence-electron chi connectivity index (χ0n) is 16.6. The van der Waals surface area contributed by atoms with Crippen molar-refractivity contribution >= 4 is 17.5 Å². The molecule has 29 heavy (non-hydrogen) atoms. The van der Waals surface area contributed by atoms with Gasteiger partial charge in [0, 0.05) is 18.4 Å². The second kappa shape index (κ2) is 7.87. The first-order valence-electron chi connectivity index (χ1n) is 9.75. The molecule has 0 saturated heterocycles. The van der Waals surface area contributed by atoms with Crippen molar-refractivity contribution in [1.29, 1.82) is 0 Å². The highest BCUT2D eigenvalue weighted by atomic mass is 16.2. The average Bonchev–Trinajstić information content (AvgIpc) is 3.04. The SMILES string of the molecule is CC(C)c1ccc(NC(=O)c2cccc3c2C(=O)N(Cc2ccccn2)C3)cc1. The van der Waals surface area contributed by atoms with Crippen molar-refractivity contribution in [2.45, 2.75) is 32.9 Å². The molecule has 0 aliphatic carbocycles. The Labute approximate surface area is 170 Å². The van der Waals surface area contributed by atoms with Gasteiger partial charge in [-0.15, -0.1) is 0 Å². The van der Waals surface area contributed by atoms with Gasteiger partial charge in [0.25, 0.3) is 11.8 Å². The molecule has 5 heteroatoms. The highest BCUT2D eigenvalue weighted by molar-refractivity contribution is 6.13. The first-order valence-corrected chi connectivity index (χ1v) is 9.75. The van der Waals surface area contributed by atoms with Gasteiger partial charge in [0.05, 0.1) is 23.4 Å². The van der Waals surface area contributed by atoms with Crippen molar-refractivity contribution in [2.75, 3.05) is 5.32 Å². The number of pyridine rings is 1. The molecule has 0 saturated carbocycles. The number of carbonyl (C=O) groups excluding carboxylic acids is 2. The molecule has 1 N–H and O–H groups in total. The quantitative estimate of drug-likeness (QED) is 0.697. The van der Waals surface area contributed by atoms with E-state index >= 15 is 0 Å². The van der Waals surface area contributed by atoms with E-state index in [0.29, 0.717) is 35.8 Å². The van der Waals surface area contributed by atoms with Gasteiger partial charge in [-0.3, -0.25) is 14.6 Å². The molecule has 2 heterocycles. The molecule has 1 aliphatic rings. The first-order chi connectivity index (χ1) is 14.0. The van der Waals surface area contributed by atoms with Crippen LogP contribution in [0.25, 0.3) is 0 Å². The van der Waals surface area contributed by atoms with E-state index in [1.54, 1.807) is 17.2 Å². The van der Waals surface area contributed by atoms with Crippen LogP contribution in [0.1, 0.15) is 57.3 Å². The summed E-state index contributed by atoms with van der Waals surface area (Å²) in [6.07, 6.45) is 1.71. The van der Waals surface area contributed by atoms with Crippen LogP contribution >= 0.6 is 0 Å². The topological polar surface area (TPSA) is 62.3 Å². The van der Waals surface area contributed by atoms with Crippen LogP contribution in [0.3, 0.4) is 0 Å². The number of benzene rings is 2. The van der Waals surface area contributed by atoms with Crippen molar-refractivity contribution in [3.8, 4) is 0 Å². The number of fused-ring (bicyclic) bond motifs is 1. The molecule has 0 unspecified atom stereocenters. The maximum Gasteiger partial charge on any atom is 0.256 e. The van der Waals surface area contributed by atoms with Crippen molar-refractivity contribution in [3.05, 3.63) is 94.8 Å². The van der Waals surface area contributed by atoms with Gasteiger partial charge in [-0.1, -0.05) is 44.2 Å². The van der Waals surface area contributed by atoms with Crippen LogP contribution in [0, 0.1) is 0 Å². The summed E-state index contributed by atoms with van der Waals surface area (Å²) in [7, 11) is 0. The lowest BCUT2D eigenvalue weighted by molar-refractivity contribution is 0.0761. The maximum atomic E-state index is 13.0. The molecule has 4 rings (SSSR count). The Kier molecular flexibility index (Phi) is 5.12. The predicted molar refractivity (Wildman–Crippen MR) is 113 cm³/mol. The number of rotatable bonds is 5. The van der Waals surface area contributed by atoms with Crippen LogP contribution in [0.5, 0.6) is 0 Å². The lowest BCUT2D eigenvalue weighted by atomic mass is 10.0. The van der Waals surface area contributed by atoms with Gasteiger partial charge in [0.1, 0.15) is 0 Å². The molecule has 3 aromatic rings. The van der Waals surface area contributed by atoms with Crippen LogP contribution in [-0.2, 0) is 13.1 Å². The van der Waals surface area contributed by atoms with Crippen LogP contribution in [0.15, 0.2) is 66.9 Å². The Morgan fingerprint density at radius 2 is 1.86 bits per heavy atom. The smallest absolute Gasteiger partial charge is 0.256 e. The van der Waals surface area contributed by atoms with E-state index in [2.05, 4.69) is 24.1 Å². The van der Waals surface area contributed by atoms with E-state index in [1.165, 1.54) is 5.56 Å². The van der Waals surface area contributed by atoms with E-state index in [0.717, 1.165) is 11.3 Å². The largest absolute Gasteiger partial charge is 0.328 e. The number of hydrogen-bond acceptors (Lipinski definition) is 3. The lowest BCUT2D eigenvalue weighted by Crippen LogP contribution is -2.25. The fourth-order valence-electron chi connectivity index (χ4n) is 3.57. The molecule has 1 aromatic heterocycles. The molecule has 0 bridgehead atoms. The monoisotopic (exact) mass is 385 g/mol. The van der Waals surface area contributed by atoms with Crippen LogP contribution in [0.2, 0.25) is 0 Å². The molecule has 5 nitrogen and oxygen atoms in total. The first kappa shape index (κ1) is 18.9. The third-order valence-corrected chi connectivity index (χ3v) is 5.17. The number of nitrogens with one attached hydrogen (secondary N) is 1. The fourth-order valence-corrected chi connectivity index (χ4v) is 3.57. The Balaban J connectivity index is 1.54. The van der Waals surface area contributed by atoms with E-state index in [4.69, 9.17) is 0 Å². The molecular formula is C24H23N3O2. The summed E-state index contributed by atoms with van der Waals surface area (Å²) in [5.74, 6) is 0.0265. The molecule has 146 valence electrons. The summed E-state index contributed by atoms with van der Waals surface area (Å²) in [4.78, 5) is 31.9. The number of hydrogen-bond donors (Lipinski definition) is 1. The lowest BCUT2D eigenvalue weighted by Gasteiger charge is -2.15. The molecule has 2 aromatic carbocycles. The van der Waals surface area contributed by atoms with Gasteiger partial charge >= 0.3 is 0 Å². The van der Waals surface area contributed by atoms with Gasteiger partial charge < -0.3 is 10.2 Å². The summed E-state index contributed by atoms with van der Waals surface area (Å²) in [6, 6.07) is 18.9. The average molecular weight is 385 g/mol. The summed E-state index contributed by atoms with van der Waals surface area (Å²) < 4.78 is 0. The van der Waals surface area contributed by atoms with Crippen LogP contribution < -0.4 is 5.32 Å². The van der Waals surface area contributed by atoms with Crippen molar-refractivity contribution in [2.24, 2.45) is 0 Å². The fraction of sp³-hybridized carbons (Fsp3) is 0.208. The predicted octanol–water partition coefficient (Wildman–Crippen LogP) is 4.61. The minimum Gasteiger partial charge on any atom is -0.328 e. The third-order valence-electron chi connectivity index (χ3n) is 5.17. The number of nitrogens with zero attached hydrogens (tertiary/aromatic N) is 2. The van der Waals surface area contributed by atoms with Crippen molar-refractivity contribution in [3.63, 3.8) is 0 Å². The Bertz CT molecular complexity index is 1040. The van der Waals surface area contributed by atoms with E-state index in [9.17, 15) is 9.59 Å². The van der Waals surface area contributed by atoms with E-state index < -0.39 is 0 Å². The van der Waals surface area contributed by atoms with Gasteiger partial charge in [-0.25, -0.2) is 0 Å². The minimum atomic E-state index is -0.271. The number of amides is 2. The van der Waals surface area contributed by atoms with Crippen LogP contribution in [0.4, 0.5) is 5.69 Å². The van der Waals surface area contributed by atoms with E-state index in [-0.39, 0.29) is 11.8 Å². The van der Waals surface area contributed by atoms with E-state index in [1.807, 2.05) is 54.6 Å². The molecule has 0 spiro atoms. The maximum absolute atomic E-state index is 13.0. The van der Waals surface area contributed by atoms with Gasteiger partial charge in [-0.2, -0.15) is 0 Å². The molecule has 2 amide bonds. The number of carbonyl (C=O) groups is 2. The highest BCUT2D eigenvalue weighted by Gasteiger charge is 2.31. The molecule has 0 fully saturated rings. The highest BCUT2D eigenvalue weighted by Crippen LogP contribution is 2.28. The molecule has 1 aliphatic heterocycles. The Hall–Kier alpha value is -3.47. The van der Waals surface area contributed by atoms with Crippen LogP contribution in [-0.4, -0.2) is 21.7 Å². The molecule has 0 atom stereocenters. The number of aromatic nitrogens is 1. The zero-order valence-corrected chi connectivity index (χ0v) is 16.6. The minimum absolute atomic E-state index is 0.133. The van der Waals surface area contributed by atoms with Crippen molar-refractivity contribution < 1.29 is 9.59 Å².